The second-order valence-corrected chi connectivity index (χ2v) is 10.1. The van der Waals surface area contributed by atoms with Gasteiger partial charge in [0.05, 0.1) is 10.6 Å². The normalized spacial score (nSPS) is 16.5. The van der Waals surface area contributed by atoms with Crippen LogP contribution in [0.2, 0.25) is 0 Å². The van der Waals surface area contributed by atoms with Gasteiger partial charge in [-0.15, -0.1) is 0 Å². The zero-order chi connectivity index (χ0) is 22.3. The molecular formula is C24H23N3O4S. The second-order valence-electron chi connectivity index (χ2n) is 8.11. The summed E-state index contributed by atoms with van der Waals surface area (Å²) in [7, 11) is -3.60. The number of amides is 2. The van der Waals surface area contributed by atoms with Crippen molar-refractivity contribution in [2.45, 2.75) is 24.2 Å². The van der Waals surface area contributed by atoms with Gasteiger partial charge in [0.1, 0.15) is 6.54 Å². The van der Waals surface area contributed by atoms with Crippen LogP contribution >= 0.6 is 0 Å². The Kier molecular flexibility index (Phi) is 5.19. The third-order valence-corrected chi connectivity index (χ3v) is 7.92. The molecule has 0 aliphatic carbocycles. The highest BCUT2D eigenvalue weighted by Crippen LogP contribution is 2.37. The van der Waals surface area contributed by atoms with Crippen molar-refractivity contribution >= 4 is 44.0 Å². The number of nitrogens with one attached hydrogen (secondary N) is 1. The lowest BCUT2D eigenvalue weighted by Crippen LogP contribution is -2.36. The third kappa shape index (κ3) is 3.55. The Hall–Kier alpha value is -3.23. The fraction of sp³-hybridized carbons (Fsp3) is 0.250. The monoisotopic (exact) mass is 449 g/mol. The first-order valence-corrected chi connectivity index (χ1v) is 12.1. The number of carbonyl (C=O) groups is 2. The van der Waals surface area contributed by atoms with Gasteiger partial charge in [0.2, 0.25) is 15.9 Å². The van der Waals surface area contributed by atoms with Crippen LogP contribution < -0.4 is 10.2 Å². The average molecular weight is 450 g/mol. The van der Waals surface area contributed by atoms with Crippen molar-refractivity contribution in [1.82, 2.24) is 4.31 Å². The molecule has 2 aliphatic rings. The molecule has 0 radical (unpaired) electrons. The van der Waals surface area contributed by atoms with Crippen molar-refractivity contribution in [3.8, 4) is 0 Å². The van der Waals surface area contributed by atoms with E-state index in [0.29, 0.717) is 30.0 Å². The summed E-state index contributed by atoms with van der Waals surface area (Å²) in [6.07, 6.45) is 2.75. The summed E-state index contributed by atoms with van der Waals surface area (Å²) < 4.78 is 27.4. The Morgan fingerprint density at radius 3 is 2.44 bits per heavy atom. The maximum atomic E-state index is 12.9. The van der Waals surface area contributed by atoms with Gasteiger partial charge >= 0.3 is 0 Å². The van der Waals surface area contributed by atoms with Crippen molar-refractivity contribution < 1.29 is 18.0 Å². The smallest absolute Gasteiger partial charge is 0.259 e. The minimum absolute atomic E-state index is 0.157. The summed E-state index contributed by atoms with van der Waals surface area (Å²) in [5, 5.41) is 4.55. The lowest BCUT2D eigenvalue weighted by Gasteiger charge is -2.26. The molecule has 2 heterocycles. The van der Waals surface area contributed by atoms with E-state index in [9.17, 15) is 18.0 Å². The summed E-state index contributed by atoms with van der Waals surface area (Å²) >= 11 is 0. The molecule has 32 heavy (non-hydrogen) atoms. The van der Waals surface area contributed by atoms with Crippen LogP contribution in [-0.2, 0) is 14.8 Å². The molecule has 8 heteroatoms. The van der Waals surface area contributed by atoms with E-state index < -0.39 is 15.9 Å². The van der Waals surface area contributed by atoms with Gasteiger partial charge in [0.25, 0.3) is 5.91 Å². The van der Waals surface area contributed by atoms with Crippen LogP contribution in [-0.4, -0.2) is 44.2 Å². The number of sulfonamides is 1. The summed E-state index contributed by atoms with van der Waals surface area (Å²) in [5.41, 5.74) is 1.68. The Bertz CT molecular complexity index is 1320. The molecule has 0 bridgehead atoms. The highest BCUT2D eigenvalue weighted by molar-refractivity contribution is 7.89. The maximum absolute atomic E-state index is 12.9. The van der Waals surface area contributed by atoms with Crippen molar-refractivity contribution in [1.29, 1.82) is 0 Å². The molecule has 0 aromatic heterocycles. The quantitative estimate of drug-likeness (QED) is 0.645. The number of hydrogen-bond acceptors (Lipinski definition) is 4. The van der Waals surface area contributed by atoms with E-state index in [1.165, 1.54) is 15.3 Å². The molecule has 2 amide bonds. The molecule has 1 fully saturated rings. The Labute approximate surface area is 186 Å². The van der Waals surface area contributed by atoms with Gasteiger partial charge in [-0.2, -0.15) is 4.31 Å². The van der Waals surface area contributed by atoms with E-state index in [2.05, 4.69) is 5.32 Å². The van der Waals surface area contributed by atoms with Crippen LogP contribution in [0.25, 0.3) is 10.8 Å². The number of hydrogen-bond donors (Lipinski definition) is 1. The summed E-state index contributed by atoms with van der Waals surface area (Å²) in [6, 6.07) is 17.4. The minimum atomic E-state index is -3.60. The molecule has 0 unspecified atom stereocenters. The largest absolute Gasteiger partial charge is 0.324 e. The van der Waals surface area contributed by atoms with Crippen LogP contribution in [0.15, 0.2) is 65.6 Å². The Morgan fingerprint density at radius 1 is 0.938 bits per heavy atom. The van der Waals surface area contributed by atoms with E-state index in [1.54, 1.807) is 24.3 Å². The SMILES string of the molecule is O=C(CN1C(=O)c2cccc3cccc1c23)Nc1cccc(S(=O)(=O)N2CCCCC2)c1. The van der Waals surface area contributed by atoms with Gasteiger partial charge in [-0.05, 0) is 48.6 Å². The van der Waals surface area contributed by atoms with Gasteiger partial charge in [-0.3, -0.25) is 14.5 Å². The highest BCUT2D eigenvalue weighted by Gasteiger charge is 2.31. The van der Waals surface area contributed by atoms with Crippen LogP contribution in [0, 0.1) is 0 Å². The Balaban J connectivity index is 1.34. The van der Waals surface area contributed by atoms with Gasteiger partial charge in [0.15, 0.2) is 0 Å². The van der Waals surface area contributed by atoms with Crippen LogP contribution in [0.3, 0.4) is 0 Å². The lowest BCUT2D eigenvalue weighted by atomic mass is 10.1. The van der Waals surface area contributed by atoms with Crippen molar-refractivity contribution in [2.24, 2.45) is 0 Å². The number of anilines is 2. The van der Waals surface area contributed by atoms with Crippen LogP contribution in [0.5, 0.6) is 0 Å². The molecule has 0 spiro atoms. The van der Waals surface area contributed by atoms with E-state index in [0.717, 1.165) is 30.0 Å². The first-order valence-electron chi connectivity index (χ1n) is 10.7. The fourth-order valence-corrected chi connectivity index (χ4v) is 6.03. The van der Waals surface area contributed by atoms with E-state index in [4.69, 9.17) is 0 Å². The lowest BCUT2D eigenvalue weighted by molar-refractivity contribution is -0.114. The molecule has 164 valence electrons. The molecule has 0 atom stereocenters. The molecule has 1 saturated heterocycles. The molecule has 3 aromatic rings. The highest BCUT2D eigenvalue weighted by atomic mass is 32.2. The molecule has 0 saturated carbocycles. The number of piperidine rings is 1. The molecule has 2 aliphatic heterocycles. The van der Waals surface area contributed by atoms with Gasteiger partial charge in [-0.25, -0.2) is 8.42 Å². The van der Waals surface area contributed by atoms with Crippen molar-refractivity contribution in [3.05, 3.63) is 66.2 Å². The van der Waals surface area contributed by atoms with Crippen molar-refractivity contribution in [3.63, 3.8) is 0 Å². The summed E-state index contributed by atoms with van der Waals surface area (Å²) in [6.45, 7) is 0.875. The molecule has 1 N–H and O–H groups in total. The average Bonchev–Trinajstić information content (AvgIpc) is 3.08. The molecule has 5 rings (SSSR count). The van der Waals surface area contributed by atoms with E-state index in [-0.39, 0.29) is 17.3 Å². The predicted octanol–water partition coefficient (Wildman–Crippen LogP) is 3.61. The zero-order valence-electron chi connectivity index (χ0n) is 17.5. The first kappa shape index (κ1) is 20.7. The topological polar surface area (TPSA) is 86.8 Å². The summed E-state index contributed by atoms with van der Waals surface area (Å²) in [4.78, 5) is 27.3. The number of carbonyl (C=O) groups excluding carboxylic acids is 2. The van der Waals surface area contributed by atoms with E-state index >= 15 is 0 Å². The first-order chi connectivity index (χ1) is 15.4. The second kappa shape index (κ2) is 8.03. The minimum Gasteiger partial charge on any atom is -0.324 e. The van der Waals surface area contributed by atoms with Crippen molar-refractivity contribution in [2.75, 3.05) is 29.9 Å². The molecular weight excluding hydrogens is 426 g/mol. The van der Waals surface area contributed by atoms with Crippen LogP contribution in [0.1, 0.15) is 29.6 Å². The Morgan fingerprint density at radius 2 is 1.66 bits per heavy atom. The third-order valence-electron chi connectivity index (χ3n) is 6.02. The standard InChI is InChI=1S/C24H23N3O4S/c28-22(16-27-21-12-5-8-17-7-4-11-20(23(17)21)24(27)29)25-18-9-6-10-19(15-18)32(30,31)26-13-2-1-3-14-26/h4-12,15H,1-3,13-14,16H2,(H,25,28). The summed E-state index contributed by atoms with van der Waals surface area (Å²) in [5.74, 6) is -0.607. The van der Waals surface area contributed by atoms with Gasteiger partial charge < -0.3 is 5.32 Å². The number of nitrogens with zero attached hydrogens (tertiary/aromatic N) is 2. The van der Waals surface area contributed by atoms with Gasteiger partial charge in [-0.1, -0.05) is 36.8 Å². The number of rotatable bonds is 5. The van der Waals surface area contributed by atoms with Gasteiger partial charge in [0, 0.05) is 29.7 Å². The van der Waals surface area contributed by atoms with Crippen LogP contribution in [0.4, 0.5) is 11.4 Å². The molecule has 7 nitrogen and oxygen atoms in total. The number of benzene rings is 3. The fourth-order valence-electron chi connectivity index (χ4n) is 4.47. The predicted molar refractivity (Wildman–Crippen MR) is 123 cm³/mol. The zero-order valence-corrected chi connectivity index (χ0v) is 18.3. The van der Waals surface area contributed by atoms with E-state index in [1.807, 2.05) is 30.3 Å². The molecule has 3 aromatic carbocycles. The maximum Gasteiger partial charge on any atom is 0.259 e.